The maximum Gasteiger partial charge on any atom is 0.416 e. The molecule has 12 nitrogen and oxygen atoms in total. The predicted molar refractivity (Wildman–Crippen MR) is 194 cm³/mol. The molecule has 0 aliphatic heterocycles. The first kappa shape index (κ1) is 37.8. The van der Waals surface area contributed by atoms with E-state index in [0.29, 0.717) is 56.1 Å². The molecular formula is C39H24F6N8O4. The minimum absolute atomic E-state index is 0.169. The molecule has 1 N–H and O–H groups in total. The molecule has 0 spiro atoms. The predicted octanol–water partition coefficient (Wildman–Crippen LogP) is 8.39. The Kier molecular flexibility index (Phi) is 10.2. The maximum atomic E-state index is 12.7. The number of hydrogen-bond donors (Lipinski definition) is 1. The van der Waals surface area contributed by atoms with Gasteiger partial charge in [0.15, 0.2) is 11.5 Å². The first-order valence-corrected chi connectivity index (χ1v) is 16.5. The van der Waals surface area contributed by atoms with Crippen molar-refractivity contribution >= 4 is 22.1 Å². The van der Waals surface area contributed by atoms with Crippen LogP contribution in [-0.2, 0) is 19.4 Å². The van der Waals surface area contributed by atoms with Gasteiger partial charge in [-0.2, -0.15) is 26.3 Å². The average molecular weight is 783 g/mol. The molecule has 18 heteroatoms. The fourth-order valence-electron chi connectivity index (χ4n) is 5.47. The van der Waals surface area contributed by atoms with Gasteiger partial charge in [0.25, 0.3) is 11.1 Å². The summed E-state index contributed by atoms with van der Waals surface area (Å²) in [6.07, 6.45) is -3.92. The van der Waals surface area contributed by atoms with Crippen molar-refractivity contribution in [3.63, 3.8) is 0 Å². The fourth-order valence-corrected chi connectivity index (χ4v) is 5.47. The van der Waals surface area contributed by atoms with Crippen LogP contribution in [0, 0.1) is 0 Å². The van der Waals surface area contributed by atoms with Crippen molar-refractivity contribution in [1.82, 2.24) is 39.5 Å². The number of aryl methyl sites for hydroxylation is 1. The quantitative estimate of drug-likeness (QED) is 0.163. The summed E-state index contributed by atoms with van der Waals surface area (Å²) >= 11 is 0. The molecule has 286 valence electrons. The number of nitrogens with one attached hydrogen (secondary N) is 1. The van der Waals surface area contributed by atoms with Crippen molar-refractivity contribution in [2.45, 2.75) is 12.4 Å². The van der Waals surface area contributed by atoms with E-state index in [-0.39, 0.29) is 22.9 Å². The monoisotopic (exact) mass is 782 g/mol. The highest BCUT2D eigenvalue weighted by Gasteiger charge is 2.31. The summed E-state index contributed by atoms with van der Waals surface area (Å²) in [7, 11) is 1.60. The number of ether oxygens (including phenoxy) is 2. The van der Waals surface area contributed by atoms with Crippen LogP contribution in [-0.4, -0.2) is 39.5 Å². The molecule has 0 aliphatic carbocycles. The number of aromatic nitrogens is 8. The van der Waals surface area contributed by atoms with Crippen molar-refractivity contribution in [1.29, 1.82) is 0 Å². The normalized spacial score (nSPS) is 11.6. The van der Waals surface area contributed by atoms with Crippen molar-refractivity contribution in [3.05, 3.63) is 154 Å². The molecule has 8 rings (SSSR count). The summed E-state index contributed by atoms with van der Waals surface area (Å²) in [5, 5.41) is 0. The zero-order valence-electron chi connectivity index (χ0n) is 29.1. The summed E-state index contributed by atoms with van der Waals surface area (Å²) in [4.78, 5) is 50.5. The lowest BCUT2D eigenvalue weighted by atomic mass is 10.1. The molecule has 4 aromatic heterocycles. The van der Waals surface area contributed by atoms with Crippen LogP contribution < -0.4 is 20.6 Å². The number of H-pyrrole nitrogens is 1. The number of alkyl halides is 6. The van der Waals surface area contributed by atoms with E-state index in [1.165, 1.54) is 66.0 Å². The van der Waals surface area contributed by atoms with Crippen LogP contribution in [0.4, 0.5) is 26.3 Å². The number of benzene rings is 4. The second kappa shape index (κ2) is 15.3. The summed E-state index contributed by atoms with van der Waals surface area (Å²) in [5.41, 5.74) is 1.62. The lowest BCUT2D eigenvalue weighted by Crippen LogP contribution is -2.17. The Morgan fingerprint density at radius 3 is 1.61 bits per heavy atom. The molecule has 0 aliphatic rings. The van der Waals surface area contributed by atoms with Gasteiger partial charge in [0.05, 0.1) is 45.9 Å². The molecule has 0 fully saturated rings. The molecule has 4 aromatic carbocycles. The van der Waals surface area contributed by atoms with Gasteiger partial charge < -0.3 is 19.0 Å². The highest BCUT2D eigenvalue weighted by molar-refractivity contribution is 5.82. The third kappa shape index (κ3) is 8.59. The molecule has 8 aromatic rings. The van der Waals surface area contributed by atoms with Crippen molar-refractivity contribution in [3.8, 4) is 45.8 Å². The van der Waals surface area contributed by atoms with Gasteiger partial charge in [-0.05, 0) is 48.5 Å². The molecular weight excluding hydrogens is 758 g/mol. The topological polar surface area (TPSA) is 151 Å². The van der Waals surface area contributed by atoms with E-state index in [9.17, 15) is 35.9 Å². The number of halogens is 6. The highest BCUT2D eigenvalue weighted by Crippen LogP contribution is 2.34. The summed E-state index contributed by atoms with van der Waals surface area (Å²) in [6.45, 7) is 0. The zero-order chi connectivity index (χ0) is 40.3. The van der Waals surface area contributed by atoms with Gasteiger partial charge in [-0.25, -0.2) is 29.9 Å². The molecule has 0 unspecified atom stereocenters. The van der Waals surface area contributed by atoms with E-state index >= 15 is 0 Å². The second-order valence-corrected chi connectivity index (χ2v) is 12.0. The Morgan fingerprint density at radius 2 is 1.07 bits per heavy atom. The van der Waals surface area contributed by atoms with Gasteiger partial charge in [0.2, 0.25) is 11.8 Å². The fraction of sp³-hybridized carbons (Fsp3) is 0.0769. The van der Waals surface area contributed by atoms with E-state index < -0.39 is 23.5 Å². The molecule has 0 bridgehead atoms. The molecule has 0 radical (unpaired) electrons. The van der Waals surface area contributed by atoms with Gasteiger partial charge in [-0.15, -0.1) is 0 Å². The lowest BCUT2D eigenvalue weighted by molar-refractivity contribution is -0.138. The first-order valence-electron chi connectivity index (χ1n) is 16.5. The smallest absolute Gasteiger partial charge is 0.416 e. The second-order valence-electron chi connectivity index (χ2n) is 12.0. The Bertz CT molecular complexity index is 2850. The number of nitrogens with zero attached hydrogens (tertiary/aromatic N) is 7. The number of para-hydroxylation sites is 2. The van der Waals surface area contributed by atoms with E-state index in [2.05, 4.69) is 34.9 Å². The number of hydrogen-bond acceptors (Lipinski definition) is 10. The van der Waals surface area contributed by atoms with Crippen LogP contribution in [0.1, 0.15) is 11.1 Å². The Morgan fingerprint density at radius 1 is 0.579 bits per heavy atom. The molecule has 0 atom stereocenters. The van der Waals surface area contributed by atoms with Crippen LogP contribution in [0.25, 0.3) is 44.6 Å². The van der Waals surface area contributed by atoms with Crippen molar-refractivity contribution in [2.24, 2.45) is 7.05 Å². The van der Waals surface area contributed by atoms with Crippen LogP contribution in [0.3, 0.4) is 0 Å². The van der Waals surface area contributed by atoms with E-state index in [1.807, 2.05) is 0 Å². The third-order valence-electron chi connectivity index (χ3n) is 8.26. The van der Waals surface area contributed by atoms with E-state index in [4.69, 9.17) is 9.47 Å². The van der Waals surface area contributed by atoms with Crippen LogP contribution >= 0.6 is 0 Å². The minimum Gasteiger partial charge on any atom is -0.437 e. The van der Waals surface area contributed by atoms with Crippen LogP contribution in [0.15, 0.2) is 132 Å². The Labute approximate surface area is 316 Å². The number of rotatable bonds is 6. The van der Waals surface area contributed by atoms with Gasteiger partial charge in [0, 0.05) is 30.3 Å². The average Bonchev–Trinajstić information content (AvgIpc) is 3.19. The number of fused-ring (bicyclic) bond motifs is 2. The van der Waals surface area contributed by atoms with Gasteiger partial charge >= 0.3 is 12.4 Å². The summed E-state index contributed by atoms with van der Waals surface area (Å²) in [6, 6.07) is 22.5. The van der Waals surface area contributed by atoms with Gasteiger partial charge in [-0.1, -0.05) is 36.4 Å². The largest absolute Gasteiger partial charge is 0.437 e. The SMILES string of the molecule is Cn1c(=O)cnc2cccc(Oc3cc(-c4ccc(C(F)(F)F)cc4)ncn3)c21.O=c1cnc2cccc(Oc3cc(-c4ccc(C(F)(F)F)cc4)ncn3)c2[nH]1. The van der Waals surface area contributed by atoms with Gasteiger partial charge in [0.1, 0.15) is 23.7 Å². The number of aromatic amines is 1. The Balaban J connectivity index is 0.000000174. The zero-order valence-corrected chi connectivity index (χ0v) is 29.1. The maximum absolute atomic E-state index is 12.7. The lowest BCUT2D eigenvalue weighted by Gasteiger charge is -2.11. The van der Waals surface area contributed by atoms with Crippen LogP contribution in [0.2, 0.25) is 0 Å². The highest BCUT2D eigenvalue weighted by atomic mass is 19.4. The first-order chi connectivity index (χ1) is 27.2. The Hall–Kier alpha value is -7.50. The summed E-state index contributed by atoms with van der Waals surface area (Å²) in [5.74, 6) is 1.05. The van der Waals surface area contributed by atoms with E-state index in [0.717, 1.165) is 24.3 Å². The molecule has 0 saturated heterocycles. The standard InChI is InChI=1S/C20H13F3N4O2.C19H11F3N4O2/c1-27-18(28)10-24-14-3-2-4-16(19(14)27)29-17-9-15(25-11-26-17)12-5-7-13(8-6-12)20(21,22)23;20-19(21,22)12-6-4-11(5-7-12)14-8-17(25-10-24-14)28-15-3-1-2-13-18(15)26-16(27)9-23-13/h2-11H,1H3;1-10H,(H,26,27). The molecule has 57 heavy (non-hydrogen) atoms. The molecule has 4 heterocycles. The van der Waals surface area contributed by atoms with E-state index in [1.54, 1.807) is 43.4 Å². The van der Waals surface area contributed by atoms with Crippen molar-refractivity contribution in [2.75, 3.05) is 0 Å². The minimum atomic E-state index is -4.41. The van der Waals surface area contributed by atoms with Gasteiger partial charge in [-0.3, -0.25) is 9.59 Å². The summed E-state index contributed by atoms with van der Waals surface area (Å²) < 4.78 is 89.3. The molecule has 0 saturated carbocycles. The van der Waals surface area contributed by atoms with Crippen molar-refractivity contribution < 1.29 is 35.8 Å². The molecule has 0 amide bonds. The van der Waals surface area contributed by atoms with Crippen LogP contribution in [0.5, 0.6) is 23.3 Å². The third-order valence-corrected chi connectivity index (χ3v) is 8.26.